The maximum atomic E-state index is 12.9. The van der Waals surface area contributed by atoms with Gasteiger partial charge in [-0.05, 0) is 49.1 Å². The number of benzene rings is 2. The van der Waals surface area contributed by atoms with Crippen LogP contribution in [0.2, 0.25) is 0 Å². The van der Waals surface area contributed by atoms with E-state index in [1.165, 1.54) is 24.0 Å². The number of thiazole rings is 1. The number of para-hydroxylation sites is 1. The largest absolute Gasteiger partial charge is 0.347 e. The standard InChI is InChI=1S/C25H23N5O2S/c31-23(21-22(27-13-12-26-21)24-29-19-6-2-3-7-20(19)33-24)28-16-17-8-10-18(11-9-17)25(32)30-14-4-1-5-15-30/h2-3,6-13H,1,4-5,14-16H2,(H,28,31). The molecule has 8 heteroatoms. The van der Waals surface area contributed by atoms with Crippen LogP contribution in [0.5, 0.6) is 0 Å². The molecule has 1 aliphatic rings. The van der Waals surface area contributed by atoms with Gasteiger partial charge in [-0.1, -0.05) is 24.3 Å². The second-order valence-electron chi connectivity index (χ2n) is 7.97. The Morgan fingerprint density at radius 2 is 1.70 bits per heavy atom. The first-order chi connectivity index (χ1) is 16.2. The molecule has 7 nitrogen and oxygen atoms in total. The molecule has 0 spiro atoms. The van der Waals surface area contributed by atoms with Crippen LogP contribution in [-0.4, -0.2) is 44.8 Å². The zero-order valence-electron chi connectivity index (χ0n) is 18.0. The molecule has 2 aromatic heterocycles. The van der Waals surface area contributed by atoms with Crippen molar-refractivity contribution in [1.82, 2.24) is 25.2 Å². The lowest BCUT2D eigenvalue weighted by Crippen LogP contribution is -2.35. The van der Waals surface area contributed by atoms with Gasteiger partial charge in [0.15, 0.2) is 5.69 Å². The smallest absolute Gasteiger partial charge is 0.272 e. The number of fused-ring (bicyclic) bond motifs is 1. The lowest BCUT2D eigenvalue weighted by atomic mass is 10.1. The van der Waals surface area contributed by atoms with Gasteiger partial charge >= 0.3 is 0 Å². The van der Waals surface area contributed by atoms with Crippen molar-refractivity contribution in [3.8, 4) is 10.7 Å². The van der Waals surface area contributed by atoms with E-state index in [2.05, 4.69) is 20.3 Å². The molecule has 0 saturated carbocycles. The Morgan fingerprint density at radius 1 is 0.939 bits per heavy atom. The lowest BCUT2D eigenvalue weighted by molar-refractivity contribution is 0.0724. The topological polar surface area (TPSA) is 88.1 Å². The molecule has 1 N–H and O–H groups in total. The highest BCUT2D eigenvalue weighted by Crippen LogP contribution is 2.30. The summed E-state index contributed by atoms with van der Waals surface area (Å²) in [5, 5.41) is 3.57. The summed E-state index contributed by atoms with van der Waals surface area (Å²) in [6, 6.07) is 15.2. The molecule has 1 saturated heterocycles. The molecule has 0 bridgehead atoms. The first-order valence-electron chi connectivity index (χ1n) is 11.0. The van der Waals surface area contributed by atoms with E-state index in [-0.39, 0.29) is 17.5 Å². The predicted molar refractivity (Wildman–Crippen MR) is 128 cm³/mol. The maximum Gasteiger partial charge on any atom is 0.272 e. The minimum Gasteiger partial charge on any atom is -0.347 e. The van der Waals surface area contributed by atoms with Crippen molar-refractivity contribution < 1.29 is 9.59 Å². The number of carbonyl (C=O) groups excluding carboxylic acids is 2. The van der Waals surface area contributed by atoms with Crippen LogP contribution in [0, 0.1) is 0 Å². The molecule has 0 aliphatic carbocycles. The molecule has 2 aromatic carbocycles. The van der Waals surface area contributed by atoms with Crippen molar-refractivity contribution in [2.24, 2.45) is 0 Å². The second-order valence-corrected chi connectivity index (χ2v) is 9.00. The molecule has 3 heterocycles. The molecule has 4 aromatic rings. The number of nitrogens with zero attached hydrogens (tertiary/aromatic N) is 4. The number of piperidine rings is 1. The molecule has 0 unspecified atom stereocenters. The monoisotopic (exact) mass is 457 g/mol. The number of amides is 2. The number of rotatable bonds is 5. The zero-order chi connectivity index (χ0) is 22.6. The maximum absolute atomic E-state index is 12.9. The summed E-state index contributed by atoms with van der Waals surface area (Å²) in [6.45, 7) is 1.98. The molecule has 1 fully saturated rings. The summed E-state index contributed by atoms with van der Waals surface area (Å²) < 4.78 is 1.03. The number of hydrogen-bond acceptors (Lipinski definition) is 6. The highest BCUT2D eigenvalue weighted by Gasteiger charge is 2.20. The average molecular weight is 458 g/mol. The van der Waals surface area contributed by atoms with Crippen LogP contribution in [0.3, 0.4) is 0 Å². The summed E-state index contributed by atoms with van der Waals surface area (Å²) in [4.78, 5) is 40.7. The fourth-order valence-corrected chi connectivity index (χ4v) is 4.91. The van der Waals surface area contributed by atoms with Crippen LogP contribution in [0.4, 0.5) is 0 Å². The first-order valence-corrected chi connectivity index (χ1v) is 11.8. The van der Waals surface area contributed by atoms with Crippen LogP contribution in [0.1, 0.15) is 45.7 Å². The van der Waals surface area contributed by atoms with Gasteiger partial charge in [0, 0.05) is 37.6 Å². The zero-order valence-corrected chi connectivity index (χ0v) is 18.8. The number of nitrogens with one attached hydrogen (secondary N) is 1. The van der Waals surface area contributed by atoms with E-state index in [0.29, 0.717) is 22.8 Å². The van der Waals surface area contributed by atoms with Crippen LogP contribution >= 0.6 is 11.3 Å². The highest BCUT2D eigenvalue weighted by atomic mass is 32.1. The van der Waals surface area contributed by atoms with Crippen molar-refractivity contribution in [3.05, 3.63) is 77.7 Å². The van der Waals surface area contributed by atoms with Gasteiger partial charge in [0.25, 0.3) is 11.8 Å². The Hall–Kier alpha value is -3.65. The van der Waals surface area contributed by atoms with Crippen molar-refractivity contribution in [1.29, 1.82) is 0 Å². The third kappa shape index (κ3) is 4.61. The quantitative estimate of drug-likeness (QED) is 0.482. The molecular formula is C25H23N5O2S. The van der Waals surface area contributed by atoms with E-state index in [9.17, 15) is 9.59 Å². The number of aromatic nitrogens is 3. The summed E-state index contributed by atoms with van der Waals surface area (Å²) >= 11 is 1.48. The van der Waals surface area contributed by atoms with Gasteiger partial charge < -0.3 is 10.2 Å². The van der Waals surface area contributed by atoms with Gasteiger partial charge in [0.2, 0.25) is 0 Å². The Bertz CT molecular complexity index is 1260. The van der Waals surface area contributed by atoms with E-state index in [4.69, 9.17) is 0 Å². The van der Waals surface area contributed by atoms with Gasteiger partial charge in [-0.25, -0.2) is 15.0 Å². The minimum atomic E-state index is -0.314. The van der Waals surface area contributed by atoms with Crippen LogP contribution in [0.15, 0.2) is 60.9 Å². The van der Waals surface area contributed by atoms with E-state index in [0.717, 1.165) is 41.7 Å². The third-order valence-electron chi connectivity index (χ3n) is 5.71. The Labute approximate surface area is 195 Å². The van der Waals surface area contributed by atoms with Crippen LogP contribution < -0.4 is 5.32 Å². The van der Waals surface area contributed by atoms with Gasteiger partial charge in [0.1, 0.15) is 10.7 Å². The minimum absolute atomic E-state index is 0.0744. The molecule has 5 rings (SSSR count). The average Bonchev–Trinajstić information content (AvgIpc) is 3.32. The van der Waals surface area contributed by atoms with Crippen LogP contribution in [0.25, 0.3) is 20.9 Å². The van der Waals surface area contributed by atoms with Crippen molar-refractivity contribution in [2.75, 3.05) is 13.1 Å². The normalized spacial score (nSPS) is 13.8. The van der Waals surface area contributed by atoms with E-state index < -0.39 is 0 Å². The van der Waals surface area contributed by atoms with Gasteiger partial charge in [-0.2, -0.15) is 0 Å². The van der Waals surface area contributed by atoms with E-state index in [1.807, 2.05) is 53.4 Å². The van der Waals surface area contributed by atoms with Gasteiger partial charge in [0.05, 0.1) is 10.2 Å². The molecule has 1 aliphatic heterocycles. The molecule has 166 valence electrons. The van der Waals surface area contributed by atoms with E-state index >= 15 is 0 Å². The summed E-state index contributed by atoms with van der Waals surface area (Å²) in [5.74, 6) is -0.240. The fraction of sp³-hybridized carbons (Fsp3) is 0.240. The SMILES string of the molecule is O=C(NCc1ccc(C(=O)N2CCCCC2)cc1)c1nccnc1-c1nc2ccccc2s1. The molecule has 33 heavy (non-hydrogen) atoms. The summed E-state index contributed by atoms with van der Waals surface area (Å²) in [7, 11) is 0. The molecular weight excluding hydrogens is 434 g/mol. The van der Waals surface area contributed by atoms with Gasteiger partial charge in [-0.15, -0.1) is 11.3 Å². The number of carbonyl (C=O) groups is 2. The molecule has 0 radical (unpaired) electrons. The van der Waals surface area contributed by atoms with E-state index in [1.54, 1.807) is 6.20 Å². The Kier molecular flexibility index (Phi) is 6.08. The van der Waals surface area contributed by atoms with Gasteiger partial charge in [-0.3, -0.25) is 9.59 Å². The Balaban J connectivity index is 1.27. The van der Waals surface area contributed by atoms with Crippen molar-refractivity contribution in [3.63, 3.8) is 0 Å². The van der Waals surface area contributed by atoms with Crippen LogP contribution in [-0.2, 0) is 6.54 Å². The predicted octanol–water partition coefficient (Wildman–Crippen LogP) is 4.31. The molecule has 0 atom stereocenters. The van der Waals surface area contributed by atoms with Crippen molar-refractivity contribution >= 4 is 33.4 Å². The highest BCUT2D eigenvalue weighted by molar-refractivity contribution is 7.21. The fourth-order valence-electron chi connectivity index (χ4n) is 3.95. The number of hydrogen-bond donors (Lipinski definition) is 1. The molecule has 2 amide bonds. The van der Waals surface area contributed by atoms with Crippen molar-refractivity contribution in [2.45, 2.75) is 25.8 Å². The summed E-state index contributed by atoms with van der Waals surface area (Å²) in [6.07, 6.45) is 6.40. The second kappa shape index (κ2) is 9.46. The Morgan fingerprint density at radius 3 is 2.48 bits per heavy atom. The number of likely N-dealkylation sites (tertiary alicyclic amines) is 1. The summed E-state index contributed by atoms with van der Waals surface area (Å²) in [5.41, 5.74) is 3.17. The lowest BCUT2D eigenvalue weighted by Gasteiger charge is -2.26. The first kappa shape index (κ1) is 21.2. The third-order valence-corrected chi connectivity index (χ3v) is 6.75.